The number of hydrogen-bond acceptors (Lipinski definition) is 11. The minimum atomic E-state index is -5.49. The van der Waals surface area contributed by atoms with Crippen molar-refractivity contribution < 1.29 is 52.6 Å². The second-order valence-corrected chi connectivity index (χ2v) is 17.2. The molecule has 2 aliphatic rings. The van der Waals surface area contributed by atoms with Crippen LogP contribution in [0, 0.1) is 11.8 Å². The van der Waals surface area contributed by atoms with E-state index in [1.54, 1.807) is 30.1 Å². The molecule has 0 aliphatic carbocycles. The maximum atomic E-state index is 14.3. The molecule has 2 N–H and O–H groups in total. The SMILES string of the molecule is CC(C)C(Cc1ccc(S(=O)(=O)O)cc1)C(=O)N1CCN(CCCN(C)c2cc(OS(=O)(=O)F)c3nccc(C(=O)NCC(=O)N4CCC(F)(CF)C4)c3c2)CC1. The number of nitrogens with one attached hydrogen (secondary N) is 1. The number of amides is 3. The van der Waals surface area contributed by atoms with Gasteiger partial charge in [-0.3, -0.25) is 28.8 Å². The van der Waals surface area contributed by atoms with E-state index in [2.05, 4.69) is 19.4 Å². The van der Waals surface area contributed by atoms with Crippen molar-refractivity contribution in [1.29, 1.82) is 0 Å². The Bertz CT molecular complexity index is 2170. The number of nitrogens with zero attached hydrogens (tertiary/aromatic N) is 5. The summed E-state index contributed by atoms with van der Waals surface area (Å²) in [7, 11) is -8.09. The Morgan fingerprint density at radius 1 is 1.02 bits per heavy atom. The molecule has 20 heteroatoms. The van der Waals surface area contributed by atoms with Crippen LogP contribution in [0.3, 0.4) is 0 Å². The van der Waals surface area contributed by atoms with Crippen molar-refractivity contribution >= 4 is 54.9 Å². The van der Waals surface area contributed by atoms with Crippen LogP contribution in [0.25, 0.3) is 10.9 Å². The van der Waals surface area contributed by atoms with E-state index in [-0.39, 0.29) is 52.1 Å². The van der Waals surface area contributed by atoms with Crippen molar-refractivity contribution in [1.82, 2.24) is 25.0 Å². The number of pyridine rings is 1. The molecule has 2 saturated heterocycles. The Labute approximate surface area is 330 Å². The monoisotopic (exact) mass is 840 g/mol. The summed E-state index contributed by atoms with van der Waals surface area (Å²) in [6.07, 6.45) is 2.09. The van der Waals surface area contributed by atoms with E-state index in [0.29, 0.717) is 57.8 Å². The number of likely N-dealkylation sites (tertiary alicyclic amines) is 1. The normalized spacial score (nSPS) is 18.5. The highest BCUT2D eigenvalue weighted by atomic mass is 32.3. The third kappa shape index (κ3) is 11.3. The molecule has 3 aromatic rings. The molecule has 57 heavy (non-hydrogen) atoms. The number of benzene rings is 2. The molecule has 2 aliphatic heterocycles. The van der Waals surface area contributed by atoms with Crippen molar-refractivity contribution in [3.05, 3.63) is 59.8 Å². The molecule has 2 aromatic carbocycles. The molecular weight excluding hydrogens is 794 g/mol. The van der Waals surface area contributed by atoms with Crippen molar-refractivity contribution in [3.63, 3.8) is 0 Å². The zero-order chi connectivity index (χ0) is 41.7. The third-order valence-electron chi connectivity index (χ3n) is 10.4. The summed E-state index contributed by atoms with van der Waals surface area (Å²) < 4.78 is 101. The molecule has 15 nitrogen and oxygen atoms in total. The van der Waals surface area contributed by atoms with E-state index in [4.69, 9.17) is 0 Å². The summed E-state index contributed by atoms with van der Waals surface area (Å²) in [4.78, 5) is 50.4. The molecular formula is C37H47F3N6O9S2. The van der Waals surface area contributed by atoms with Gasteiger partial charge in [-0.1, -0.05) is 29.9 Å². The lowest BCUT2D eigenvalue weighted by atomic mass is 9.87. The molecule has 0 spiro atoms. The smallest absolute Gasteiger partial charge is 0.374 e. The van der Waals surface area contributed by atoms with E-state index in [1.165, 1.54) is 30.5 Å². The number of alkyl halides is 2. The van der Waals surface area contributed by atoms with Gasteiger partial charge in [0.25, 0.3) is 16.0 Å². The van der Waals surface area contributed by atoms with Crippen LogP contribution < -0.4 is 14.4 Å². The first kappa shape index (κ1) is 43.6. The highest BCUT2D eigenvalue weighted by molar-refractivity contribution is 7.85. The molecule has 0 bridgehead atoms. The molecule has 3 amide bonds. The molecule has 312 valence electrons. The summed E-state index contributed by atoms with van der Waals surface area (Å²) >= 11 is 0. The summed E-state index contributed by atoms with van der Waals surface area (Å²) in [5.74, 6) is -2.11. The highest BCUT2D eigenvalue weighted by Gasteiger charge is 2.40. The number of carbonyl (C=O) groups is 3. The fourth-order valence-corrected chi connectivity index (χ4v) is 7.89. The van der Waals surface area contributed by atoms with Crippen LogP contribution in [0.1, 0.15) is 42.6 Å². The van der Waals surface area contributed by atoms with Gasteiger partial charge >= 0.3 is 10.5 Å². The van der Waals surface area contributed by atoms with E-state index in [1.807, 2.05) is 18.7 Å². The Hall–Kier alpha value is -4.53. The predicted octanol–water partition coefficient (Wildman–Crippen LogP) is 3.20. The van der Waals surface area contributed by atoms with Gasteiger partial charge in [-0.05, 0) is 55.1 Å². The summed E-state index contributed by atoms with van der Waals surface area (Å²) in [5, 5.41) is 2.58. The van der Waals surface area contributed by atoms with Gasteiger partial charge in [-0.2, -0.15) is 16.8 Å². The van der Waals surface area contributed by atoms with E-state index in [0.717, 1.165) is 10.5 Å². The Balaban J connectivity index is 1.19. The molecule has 2 unspecified atom stereocenters. The maximum Gasteiger partial charge on any atom is 0.488 e. The van der Waals surface area contributed by atoms with Crippen molar-refractivity contribution in [2.24, 2.45) is 11.8 Å². The number of halogens is 3. The Morgan fingerprint density at radius 3 is 2.30 bits per heavy atom. The number of fused-ring (bicyclic) bond motifs is 1. The third-order valence-corrected chi connectivity index (χ3v) is 11.7. The lowest BCUT2D eigenvalue weighted by Gasteiger charge is -2.37. The lowest BCUT2D eigenvalue weighted by molar-refractivity contribution is -0.138. The summed E-state index contributed by atoms with van der Waals surface area (Å²) in [6.45, 7) is 5.13. The number of carbonyl (C=O) groups excluding carboxylic acids is 3. The molecule has 3 heterocycles. The minimum Gasteiger partial charge on any atom is -0.374 e. The summed E-state index contributed by atoms with van der Waals surface area (Å²) in [5.41, 5.74) is -1.11. The molecule has 5 rings (SSSR count). The van der Waals surface area contributed by atoms with Crippen LogP contribution in [-0.4, -0.2) is 137 Å². The van der Waals surface area contributed by atoms with Gasteiger partial charge in [-0.15, -0.1) is 0 Å². The van der Waals surface area contributed by atoms with Crippen molar-refractivity contribution in [3.8, 4) is 5.75 Å². The van der Waals surface area contributed by atoms with Gasteiger partial charge in [0.15, 0.2) is 11.4 Å². The first-order chi connectivity index (χ1) is 26.8. The van der Waals surface area contributed by atoms with Crippen LogP contribution >= 0.6 is 0 Å². The van der Waals surface area contributed by atoms with Gasteiger partial charge in [0.05, 0.1) is 23.5 Å². The first-order valence-electron chi connectivity index (χ1n) is 18.4. The standard InChI is InChI=1S/C37H47F3N6O9S2/c1-25(2)30(19-26-5-7-28(8-6-26)56(50,51)52)36(49)45-17-15-44(16-18-45)13-4-12-43(3)27-20-31-29(9-11-41-34(31)32(21-27)55-57(40,53)54)35(48)42-22-33(47)46-14-10-37(39,23-38)24-46/h5-9,11,20-21,25,30H,4,10,12-19,22-24H2,1-3H3,(H,42,48)(H,50,51,52). The van der Waals surface area contributed by atoms with Gasteiger partial charge in [-0.25, -0.2) is 8.78 Å². The number of hydrogen-bond donors (Lipinski definition) is 2. The highest BCUT2D eigenvalue weighted by Crippen LogP contribution is 2.34. The topological polar surface area (TPSA) is 187 Å². The zero-order valence-electron chi connectivity index (χ0n) is 31.9. The van der Waals surface area contributed by atoms with Gasteiger partial charge in [0, 0.05) is 82.0 Å². The van der Waals surface area contributed by atoms with Crippen LogP contribution in [0.5, 0.6) is 5.75 Å². The number of rotatable bonds is 16. The number of piperazine rings is 1. The second kappa shape index (κ2) is 17.9. The van der Waals surface area contributed by atoms with Gasteiger partial charge in [0.1, 0.15) is 12.2 Å². The van der Waals surface area contributed by atoms with E-state index < -0.39 is 63.6 Å². The molecule has 2 atom stereocenters. The number of anilines is 1. The molecule has 0 saturated carbocycles. The van der Waals surface area contributed by atoms with Gasteiger partial charge in [0.2, 0.25) is 11.8 Å². The second-order valence-electron chi connectivity index (χ2n) is 14.8. The summed E-state index contributed by atoms with van der Waals surface area (Å²) in [6, 6.07) is 10.0. The first-order valence-corrected chi connectivity index (χ1v) is 21.2. The fourth-order valence-electron chi connectivity index (χ4n) is 7.06. The van der Waals surface area contributed by atoms with E-state index in [9.17, 15) is 48.4 Å². The zero-order valence-corrected chi connectivity index (χ0v) is 33.5. The van der Waals surface area contributed by atoms with Crippen molar-refractivity contribution in [2.75, 3.05) is 77.5 Å². The molecule has 1 aromatic heterocycles. The predicted molar refractivity (Wildman–Crippen MR) is 205 cm³/mol. The Morgan fingerprint density at radius 2 is 1.70 bits per heavy atom. The largest absolute Gasteiger partial charge is 0.488 e. The van der Waals surface area contributed by atoms with Crippen LogP contribution in [0.2, 0.25) is 0 Å². The fraction of sp³-hybridized carbons (Fsp3) is 0.514. The lowest BCUT2D eigenvalue weighted by Crippen LogP contribution is -2.51. The Kier molecular flexibility index (Phi) is 13.7. The quantitative estimate of drug-likeness (QED) is 0.159. The van der Waals surface area contributed by atoms with Gasteiger partial charge < -0.3 is 24.2 Å². The maximum absolute atomic E-state index is 14.3. The van der Waals surface area contributed by atoms with Crippen LogP contribution in [0.15, 0.2) is 53.6 Å². The molecule has 2 fully saturated rings. The van der Waals surface area contributed by atoms with Crippen molar-refractivity contribution in [2.45, 2.75) is 43.7 Å². The molecule has 0 radical (unpaired) electrons. The minimum absolute atomic E-state index is 0.000820. The van der Waals surface area contributed by atoms with E-state index >= 15 is 0 Å². The number of aromatic nitrogens is 1. The average Bonchev–Trinajstić information content (AvgIpc) is 3.57. The average molecular weight is 841 g/mol. The van der Waals surface area contributed by atoms with Crippen LogP contribution in [-0.2, 0) is 36.6 Å². The van der Waals surface area contributed by atoms with Crippen LogP contribution in [0.4, 0.5) is 18.4 Å².